The average Bonchev–Trinajstić information content (AvgIpc) is 2.71. The van der Waals surface area contributed by atoms with E-state index >= 15 is 0 Å². The van der Waals surface area contributed by atoms with Crippen molar-refractivity contribution in [2.75, 3.05) is 7.11 Å². The summed E-state index contributed by atoms with van der Waals surface area (Å²) in [5.74, 6) is 1.23. The van der Waals surface area contributed by atoms with Crippen molar-refractivity contribution in [3.63, 3.8) is 0 Å². The molecule has 2 rings (SSSR count). The van der Waals surface area contributed by atoms with Crippen LogP contribution in [0, 0.1) is 0 Å². The van der Waals surface area contributed by atoms with Gasteiger partial charge in [0.05, 0.1) is 13.3 Å². The number of amides is 1. The van der Waals surface area contributed by atoms with Crippen LogP contribution in [0.3, 0.4) is 0 Å². The second kappa shape index (κ2) is 11.7. The third-order valence-electron chi connectivity index (χ3n) is 4.09. The van der Waals surface area contributed by atoms with Gasteiger partial charge in [0.15, 0.2) is 11.5 Å². The highest BCUT2D eigenvalue weighted by Crippen LogP contribution is 2.28. The van der Waals surface area contributed by atoms with E-state index in [0.717, 1.165) is 36.8 Å². The third kappa shape index (κ3) is 7.52. The fraction of sp³-hybridized carbons (Fsp3) is 0.364. The minimum Gasteiger partial charge on any atom is -0.493 e. The molecule has 0 heterocycles. The number of hydrogen-bond donors (Lipinski definition) is 1. The van der Waals surface area contributed by atoms with E-state index < -0.39 is 0 Å². The number of nitrogens with one attached hydrogen (secondary N) is 1. The maximum atomic E-state index is 11.7. The summed E-state index contributed by atoms with van der Waals surface area (Å²) in [6, 6.07) is 15.5. The Labute approximate surface area is 161 Å². The lowest BCUT2D eigenvalue weighted by Crippen LogP contribution is -2.16. The molecule has 0 atom stereocenters. The van der Waals surface area contributed by atoms with Gasteiger partial charge in [-0.15, -0.1) is 0 Å². The molecule has 0 radical (unpaired) electrons. The number of rotatable bonds is 11. The predicted molar refractivity (Wildman–Crippen MR) is 108 cm³/mol. The summed E-state index contributed by atoms with van der Waals surface area (Å²) < 4.78 is 11.2. The lowest BCUT2D eigenvalue weighted by Gasteiger charge is -2.11. The van der Waals surface area contributed by atoms with Gasteiger partial charge in [0.25, 0.3) is 0 Å². The van der Waals surface area contributed by atoms with Crippen LogP contribution in [0.1, 0.15) is 50.2 Å². The van der Waals surface area contributed by atoms with Crippen molar-refractivity contribution in [1.29, 1.82) is 0 Å². The van der Waals surface area contributed by atoms with Gasteiger partial charge in [-0.05, 0) is 35.7 Å². The monoisotopic (exact) mass is 368 g/mol. The van der Waals surface area contributed by atoms with E-state index in [1.54, 1.807) is 13.3 Å². The van der Waals surface area contributed by atoms with E-state index in [4.69, 9.17) is 9.47 Å². The molecule has 5 nitrogen and oxygen atoms in total. The van der Waals surface area contributed by atoms with Crippen molar-refractivity contribution in [2.45, 2.75) is 45.6 Å². The van der Waals surface area contributed by atoms with Crippen molar-refractivity contribution >= 4 is 12.1 Å². The standard InChI is InChI=1S/C22H28N2O3/c1-3-4-5-9-12-22(25)24-23-16-19-13-14-20(21(15-19)26-2)27-17-18-10-7-6-8-11-18/h6-8,10-11,13-16H,3-5,9,12,17H2,1-2H3,(H,24,25). The Kier molecular flexibility index (Phi) is 8.90. The minimum atomic E-state index is -0.0582. The Bertz CT molecular complexity index is 730. The number of methoxy groups -OCH3 is 1. The molecule has 0 aliphatic heterocycles. The molecule has 0 bridgehead atoms. The average molecular weight is 368 g/mol. The molecule has 2 aromatic rings. The highest BCUT2D eigenvalue weighted by Gasteiger charge is 2.06. The number of ether oxygens (including phenoxy) is 2. The molecule has 0 aliphatic carbocycles. The zero-order valence-electron chi connectivity index (χ0n) is 16.1. The Balaban J connectivity index is 1.86. The van der Waals surface area contributed by atoms with E-state index in [9.17, 15) is 4.79 Å². The molecular weight excluding hydrogens is 340 g/mol. The summed E-state index contributed by atoms with van der Waals surface area (Å²) in [6.45, 7) is 2.62. The summed E-state index contributed by atoms with van der Waals surface area (Å²) in [6.07, 6.45) is 6.41. The highest BCUT2D eigenvalue weighted by atomic mass is 16.5. The first-order valence-corrected chi connectivity index (χ1v) is 9.39. The second-order valence-corrected chi connectivity index (χ2v) is 6.29. The Morgan fingerprint density at radius 3 is 2.63 bits per heavy atom. The van der Waals surface area contributed by atoms with Gasteiger partial charge in [-0.1, -0.05) is 56.5 Å². The van der Waals surface area contributed by atoms with Crippen LogP contribution in [0.2, 0.25) is 0 Å². The summed E-state index contributed by atoms with van der Waals surface area (Å²) in [4.78, 5) is 11.7. The number of hydrogen-bond acceptors (Lipinski definition) is 4. The summed E-state index contributed by atoms with van der Waals surface area (Å²) in [5.41, 5.74) is 4.48. The summed E-state index contributed by atoms with van der Waals surface area (Å²) >= 11 is 0. The summed E-state index contributed by atoms with van der Waals surface area (Å²) in [5, 5.41) is 4.02. The Morgan fingerprint density at radius 1 is 1.07 bits per heavy atom. The van der Waals surface area contributed by atoms with E-state index in [2.05, 4.69) is 17.5 Å². The van der Waals surface area contributed by atoms with E-state index in [-0.39, 0.29) is 5.91 Å². The van der Waals surface area contributed by atoms with Crippen molar-refractivity contribution in [3.05, 3.63) is 59.7 Å². The van der Waals surface area contributed by atoms with E-state index in [0.29, 0.717) is 24.5 Å². The van der Waals surface area contributed by atoms with Gasteiger partial charge >= 0.3 is 0 Å². The van der Waals surface area contributed by atoms with Crippen LogP contribution in [-0.4, -0.2) is 19.2 Å². The van der Waals surface area contributed by atoms with Gasteiger partial charge in [-0.3, -0.25) is 4.79 Å². The van der Waals surface area contributed by atoms with Gasteiger partial charge in [-0.25, -0.2) is 5.43 Å². The first kappa shape index (κ1) is 20.5. The molecule has 1 amide bonds. The predicted octanol–water partition coefficient (Wildman–Crippen LogP) is 4.69. The van der Waals surface area contributed by atoms with E-state index in [1.165, 1.54) is 0 Å². The van der Waals surface area contributed by atoms with Crippen molar-refractivity contribution in [3.8, 4) is 11.5 Å². The van der Waals surface area contributed by atoms with Gasteiger partial charge < -0.3 is 9.47 Å². The van der Waals surface area contributed by atoms with Crippen molar-refractivity contribution in [2.24, 2.45) is 5.10 Å². The van der Waals surface area contributed by atoms with Crippen LogP contribution in [0.4, 0.5) is 0 Å². The third-order valence-corrected chi connectivity index (χ3v) is 4.09. The number of carbonyl (C=O) groups excluding carboxylic acids is 1. The molecule has 2 aromatic carbocycles. The molecule has 0 unspecified atom stereocenters. The second-order valence-electron chi connectivity index (χ2n) is 6.29. The topological polar surface area (TPSA) is 59.9 Å². The van der Waals surface area contributed by atoms with Gasteiger partial charge in [0.1, 0.15) is 6.61 Å². The molecule has 27 heavy (non-hydrogen) atoms. The van der Waals surface area contributed by atoms with Crippen LogP contribution in [0.25, 0.3) is 0 Å². The van der Waals surface area contributed by atoms with Crippen LogP contribution in [0.15, 0.2) is 53.6 Å². The summed E-state index contributed by atoms with van der Waals surface area (Å²) in [7, 11) is 1.60. The fourth-order valence-electron chi connectivity index (χ4n) is 2.57. The molecule has 0 aromatic heterocycles. The van der Waals surface area contributed by atoms with E-state index in [1.807, 2.05) is 48.5 Å². The number of hydrazone groups is 1. The van der Waals surface area contributed by atoms with Gasteiger partial charge in [0, 0.05) is 6.42 Å². The molecule has 0 saturated carbocycles. The zero-order valence-corrected chi connectivity index (χ0v) is 16.1. The Hall–Kier alpha value is -2.82. The van der Waals surface area contributed by atoms with Crippen LogP contribution >= 0.6 is 0 Å². The van der Waals surface area contributed by atoms with Crippen molar-refractivity contribution in [1.82, 2.24) is 5.43 Å². The molecule has 0 fully saturated rings. The molecule has 5 heteroatoms. The zero-order chi connectivity index (χ0) is 19.3. The minimum absolute atomic E-state index is 0.0582. The normalized spacial score (nSPS) is 10.7. The maximum absolute atomic E-state index is 11.7. The van der Waals surface area contributed by atoms with Crippen LogP contribution in [0.5, 0.6) is 11.5 Å². The first-order chi connectivity index (χ1) is 13.2. The number of nitrogens with zero attached hydrogens (tertiary/aromatic N) is 1. The van der Waals surface area contributed by atoms with Crippen LogP contribution < -0.4 is 14.9 Å². The Morgan fingerprint density at radius 2 is 1.89 bits per heavy atom. The number of carbonyl (C=O) groups is 1. The highest BCUT2D eigenvalue weighted by molar-refractivity contribution is 5.83. The SMILES string of the molecule is CCCCCCC(=O)NN=Cc1ccc(OCc2ccccc2)c(OC)c1. The molecule has 0 aliphatic rings. The number of unbranched alkanes of at least 4 members (excludes halogenated alkanes) is 3. The largest absolute Gasteiger partial charge is 0.493 e. The molecule has 0 saturated heterocycles. The lowest BCUT2D eigenvalue weighted by atomic mass is 10.1. The molecule has 144 valence electrons. The smallest absolute Gasteiger partial charge is 0.240 e. The quantitative estimate of drug-likeness (QED) is 0.355. The lowest BCUT2D eigenvalue weighted by molar-refractivity contribution is -0.121. The number of benzene rings is 2. The fourth-order valence-corrected chi connectivity index (χ4v) is 2.57. The molecule has 1 N–H and O–H groups in total. The first-order valence-electron chi connectivity index (χ1n) is 9.39. The van der Waals surface area contributed by atoms with Gasteiger partial charge in [0.2, 0.25) is 5.91 Å². The van der Waals surface area contributed by atoms with Crippen molar-refractivity contribution < 1.29 is 14.3 Å². The maximum Gasteiger partial charge on any atom is 0.240 e. The van der Waals surface area contributed by atoms with Gasteiger partial charge in [-0.2, -0.15) is 5.10 Å². The molecular formula is C22H28N2O3. The van der Waals surface area contributed by atoms with Crippen LogP contribution in [-0.2, 0) is 11.4 Å². The molecule has 0 spiro atoms.